The fraction of sp³-hybridized carbons (Fsp3) is 0.167. The molecule has 3 aromatic rings. The zero-order valence-corrected chi connectivity index (χ0v) is 15.3. The van der Waals surface area contributed by atoms with E-state index >= 15 is 0 Å². The van der Waals surface area contributed by atoms with Crippen molar-refractivity contribution in [3.8, 4) is 0 Å². The smallest absolute Gasteiger partial charge is 0.277 e. The molecular weight excluding hydrogens is 377 g/mol. The first kappa shape index (κ1) is 18.4. The summed E-state index contributed by atoms with van der Waals surface area (Å²) in [6.07, 6.45) is 1.67. The molecule has 134 valence electrons. The van der Waals surface area contributed by atoms with Crippen LogP contribution in [0.25, 0.3) is 0 Å². The van der Waals surface area contributed by atoms with Gasteiger partial charge in [0.25, 0.3) is 5.56 Å². The van der Waals surface area contributed by atoms with E-state index in [2.05, 4.69) is 10.1 Å². The van der Waals surface area contributed by atoms with Crippen LogP contribution < -0.4 is 5.56 Å². The zero-order chi connectivity index (χ0) is 18.8. The van der Waals surface area contributed by atoms with Crippen molar-refractivity contribution in [2.45, 2.75) is 19.6 Å². The van der Waals surface area contributed by atoms with Crippen LogP contribution in [0.3, 0.4) is 0 Å². The third-order valence-electron chi connectivity index (χ3n) is 4.01. The molecule has 1 unspecified atom stereocenters. The van der Waals surface area contributed by atoms with Crippen molar-refractivity contribution in [3.63, 3.8) is 0 Å². The highest BCUT2D eigenvalue weighted by Gasteiger charge is 2.25. The molecule has 0 spiro atoms. The largest absolute Gasteiger partial charge is 0.382 e. The van der Waals surface area contributed by atoms with Crippen LogP contribution in [0.1, 0.15) is 40.2 Å². The number of carbonyl (C=O) groups is 1. The number of nitrogens with zero attached hydrogens (tertiary/aromatic N) is 2. The Balaban J connectivity index is 2.09. The number of aromatic nitrogens is 3. The van der Waals surface area contributed by atoms with Crippen molar-refractivity contribution < 1.29 is 9.90 Å². The maximum absolute atomic E-state index is 12.8. The molecule has 0 aliphatic rings. The predicted molar refractivity (Wildman–Crippen MR) is 98.9 cm³/mol. The van der Waals surface area contributed by atoms with Crippen LogP contribution in [0.4, 0.5) is 0 Å². The van der Waals surface area contributed by atoms with Crippen molar-refractivity contribution in [1.29, 1.82) is 0 Å². The van der Waals surface area contributed by atoms with Crippen molar-refractivity contribution in [1.82, 2.24) is 14.8 Å². The maximum atomic E-state index is 12.8. The summed E-state index contributed by atoms with van der Waals surface area (Å²) in [6, 6.07) is 7.95. The molecule has 2 aromatic heterocycles. The Bertz CT molecular complexity index is 1010. The van der Waals surface area contributed by atoms with Crippen molar-refractivity contribution >= 4 is 29.0 Å². The Hall–Kier alpha value is -2.41. The first-order chi connectivity index (χ1) is 12.5. The number of aryl methyl sites for hydroxylation is 1. The molecule has 1 atom stereocenters. The number of halogens is 2. The summed E-state index contributed by atoms with van der Waals surface area (Å²) in [5.41, 5.74) is 0.130. The Labute approximate surface area is 159 Å². The number of H-pyrrole nitrogens is 1. The molecule has 0 radical (unpaired) electrons. The molecular formula is C18H15Cl2N3O3. The summed E-state index contributed by atoms with van der Waals surface area (Å²) < 4.78 is 1.31. The number of hydrogen-bond acceptors (Lipinski definition) is 4. The van der Waals surface area contributed by atoms with E-state index in [1.54, 1.807) is 25.1 Å². The van der Waals surface area contributed by atoms with E-state index in [9.17, 15) is 14.7 Å². The van der Waals surface area contributed by atoms with Gasteiger partial charge in [0.15, 0.2) is 0 Å². The lowest BCUT2D eigenvalue weighted by Crippen LogP contribution is -2.21. The van der Waals surface area contributed by atoms with Gasteiger partial charge in [-0.2, -0.15) is 0 Å². The molecule has 0 aliphatic heterocycles. The molecule has 0 aliphatic carbocycles. The number of carbonyl (C=O) groups excluding carboxylic acids is 1. The van der Waals surface area contributed by atoms with Gasteiger partial charge in [-0.3, -0.25) is 19.3 Å². The second-order valence-corrected chi connectivity index (χ2v) is 6.33. The molecule has 8 heteroatoms. The highest BCUT2D eigenvalue weighted by atomic mass is 35.5. The summed E-state index contributed by atoms with van der Waals surface area (Å²) >= 11 is 12.6. The van der Waals surface area contributed by atoms with Crippen LogP contribution in [0, 0.1) is 0 Å². The lowest BCUT2D eigenvalue weighted by molar-refractivity contribution is 0.103. The number of hydrogen-bond donors (Lipinski definition) is 2. The fourth-order valence-corrected chi connectivity index (χ4v) is 3.30. The van der Waals surface area contributed by atoms with E-state index in [4.69, 9.17) is 23.2 Å². The monoisotopic (exact) mass is 391 g/mol. The molecule has 2 N–H and O–H groups in total. The quantitative estimate of drug-likeness (QED) is 0.653. The van der Waals surface area contributed by atoms with Gasteiger partial charge in [0.1, 0.15) is 11.7 Å². The van der Waals surface area contributed by atoms with Gasteiger partial charge in [0.05, 0.1) is 10.7 Å². The van der Waals surface area contributed by atoms with Gasteiger partial charge < -0.3 is 10.2 Å². The molecule has 0 amide bonds. The van der Waals surface area contributed by atoms with Crippen molar-refractivity contribution in [2.75, 3.05) is 0 Å². The molecule has 2 heterocycles. The van der Waals surface area contributed by atoms with E-state index in [1.165, 1.54) is 29.2 Å². The van der Waals surface area contributed by atoms with Crippen LogP contribution in [-0.4, -0.2) is 25.7 Å². The minimum atomic E-state index is -1.21. The van der Waals surface area contributed by atoms with E-state index in [-0.39, 0.29) is 26.7 Å². The Morgan fingerprint density at radius 2 is 2.04 bits per heavy atom. The van der Waals surface area contributed by atoms with Gasteiger partial charge in [-0.25, -0.2) is 0 Å². The summed E-state index contributed by atoms with van der Waals surface area (Å²) in [6.45, 7) is 2.19. The molecule has 26 heavy (non-hydrogen) atoms. The first-order valence-corrected chi connectivity index (χ1v) is 8.61. The predicted octanol–water partition coefficient (Wildman–Crippen LogP) is 3.21. The third kappa shape index (κ3) is 3.19. The van der Waals surface area contributed by atoms with E-state index < -0.39 is 17.4 Å². The number of benzene rings is 1. The number of pyridine rings is 1. The topological polar surface area (TPSA) is 88.0 Å². The van der Waals surface area contributed by atoms with Crippen LogP contribution in [-0.2, 0) is 6.54 Å². The van der Waals surface area contributed by atoms with Crippen molar-refractivity contribution in [3.05, 3.63) is 85.5 Å². The van der Waals surface area contributed by atoms with Crippen LogP contribution in [0.15, 0.2) is 47.5 Å². The summed E-state index contributed by atoms with van der Waals surface area (Å²) in [5.74, 6) is -0.547. The van der Waals surface area contributed by atoms with Gasteiger partial charge >= 0.3 is 0 Å². The third-order valence-corrected chi connectivity index (χ3v) is 4.75. The zero-order valence-electron chi connectivity index (χ0n) is 13.7. The molecule has 0 bridgehead atoms. The number of nitrogens with one attached hydrogen (secondary N) is 1. The lowest BCUT2D eigenvalue weighted by Gasteiger charge is -2.16. The fourth-order valence-electron chi connectivity index (χ4n) is 2.63. The normalized spacial score (nSPS) is 12.2. The van der Waals surface area contributed by atoms with Crippen molar-refractivity contribution in [2.24, 2.45) is 0 Å². The second-order valence-electron chi connectivity index (χ2n) is 5.55. The Morgan fingerprint density at radius 3 is 2.65 bits per heavy atom. The number of aromatic amines is 1. The van der Waals surface area contributed by atoms with Gasteiger partial charge in [-0.1, -0.05) is 29.3 Å². The van der Waals surface area contributed by atoms with Crippen LogP contribution in [0.5, 0.6) is 0 Å². The number of aliphatic hydroxyl groups is 1. The standard InChI is InChI=1S/C18H15Cl2N3O3/c1-2-23-18(26)11(9-22-23)16(24)10-6-7-12(19)14(15(10)20)17(25)13-5-3-4-8-21-13/h3-9,17,22,25H,2H2,1H3. The first-order valence-electron chi connectivity index (χ1n) is 7.85. The average molecular weight is 392 g/mol. The molecule has 1 aromatic carbocycles. The molecule has 0 fully saturated rings. The summed E-state index contributed by atoms with van der Waals surface area (Å²) in [5, 5.41) is 13.5. The van der Waals surface area contributed by atoms with Gasteiger partial charge in [0.2, 0.25) is 5.78 Å². The molecule has 0 saturated heterocycles. The van der Waals surface area contributed by atoms with Crippen LogP contribution >= 0.6 is 23.2 Å². The molecule has 0 saturated carbocycles. The maximum Gasteiger partial charge on any atom is 0.277 e. The highest BCUT2D eigenvalue weighted by Crippen LogP contribution is 2.36. The highest BCUT2D eigenvalue weighted by molar-refractivity contribution is 6.39. The Morgan fingerprint density at radius 1 is 1.27 bits per heavy atom. The SMILES string of the molecule is CCn1[nH]cc(C(=O)c2ccc(Cl)c(C(O)c3ccccn3)c2Cl)c1=O. The molecule has 6 nitrogen and oxygen atoms in total. The number of ketones is 1. The minimum absolute atomic E-state index is 0.00991. The summed E-state index contributed by atoms with van der Waals surface area (Å²) in [7, 11) is 0. The van der Waals surface area contributed by atoms with Gasteiger partial charge in [-0.15, -0.1) is 0 Å². The Kier molecular flexibility index (Phi) is 5.27. The van der Waals surface area contributed by atoms with Crippen LogP contribution in [0.2, 0.25) is 10.0 Å². The van der Waals surface area contributed by atoms with E-state index in [0.717, 1.165) is 0 Å². The van der Waals surface area contributed by atoms with E-state index in [1.807, 2.05) is 0 Å². The number of aliphatic hydroxyl groups excluding tert-OH is 1. The average Bonchev–Trinajstić information content (AvgIpc) is 3.02. The summed E-state index contributed by atoms with van der Waals surface area (Å²) in [4.78, 5) is 29.1. The second kappa shape index (κ2) is 7.45. The van der Waals surface area contributed by atoms with Gasteiger partial charge in [-0.05, 0) is 31.2 Å². The van der Waals surface area contributed by atoms with E-state index in [0.29, 0.717) is 12.2 Å². The minimum Gasteiger partial charge on any atom is -0.382 e. The lowest BCUT2D eigenvalue weighted by atomic mass is 9.99. The number of rotatable bonds is 5. The molecule has 3 rings (SSSR count). The van der Waals surface area contributed by atoms with Gasteiger partial charge in [0, 0.05) is 35.1 Å².